The Kier molecular flexibility index (Phi) is 12.4. The highest BCUT2D eigenvalue weighted by molar-refractivity contribution is 5.94. The van der Waals surface area contributed by atoms with Gasteiger partial charge in [0.15, 0.2) is 5.96 Å². The number of nitrogens with two attached hydrogens (primary N) is 3. The third-order valence-electron chi connectivity index (χ3n) is 5.96. The fourth-order valence-corrected chi connectivity index (χ4v) is 3.71. The fraction of sp³-hybridized carbons (Fsp3) is 0.370. The minimum Gasteiger partial charge on any atom is -0.508 e. The number of nitrogens with one attached hydrogen (secondary N) is 3. The van der Waals surface area contributed by atoms with E-state index in [1.165, 1.54) is 19.1 Å². The van der Waals surface area contributed by atoms with Crippen LogP contribution in [-0.2, 0) is 32.0 Å². The van der Waals surface area contributed by atoms with Crippen LogP contribution in [0.25, 0.3) is 0 Å². The first-order chi connectivity index (χ1) is 19.0. The quantitative estimate of drug-likeness (QED) is 0.0772. The first-order valence-electron chi connectivity index (χ1n) is 12.7. The molecule has 0 aliphatic carbocycles. The molecule has 0 saturated heterocycles. The van der Waals surface area contributed by atoms with Gasteiger partial charge >= 0.3 is 5.97 Å². The summed E-state index contributed by atoms with van der Waals surface area (Å²) < 4.78 is 0. The van der Waals surface area contributed by atoms with Crippen molar-refractivity contribution >= 4 is 29.7 Å². The number of carboxylic acid groups (broad SMARTS) is 1. The van der Waals surface area contributed by atoms with Crippen LogP contribution >= 0.6 is 0 Å². The number of carbonyl (C=O) groups is 4. The number of phenolic OH excluding ortho intramolecular Hbond substituents is 1. The molecule has 40 heavy (non-hydrogen) atoms. The van der Waals surface area contributed by atoms with Crippen LogP contribution in [0, 0.1) is 0 Å². The molecule has 0 spiro atoms. The maximum Gasteiger partial charge on any atom is 0.325 e. The SMILES string of the molecule is CC(NC(=O)C(Cc1ccc(O)cc1)NC(=O)C(Cc1ccccc1)NC(=O)C(N)CCCN=C(N)N)C(=O)O. The zero-order valence-corrected chi connectivity index (χ0v) is 22.2. The maximum absolute atomic E-state index is 13.5. The topological polar surface area (TPSA) is 235 Å². The van der Waals surface area contributed by atoms with Gasteiger partial charge in [-0.3, -0.25) is 24.2 Å². The summed E-state index contributed by atoms with van der Waals surface area (Å²) >= 11 is 0. The van der Waals surface area contributed by atoms with Crippen molar-refractivity contribution in [2.24, 2.45) is 22.2 Å². The molecule has 2 rings (SSSR count). The van der Waals surface area contributed by atoms with Crippen molar-refractivity contribution in [3.05, 3.63) is 65.7 Å². The number of aliphatic carboxylic acids is 1. The second-order valence-corrected chi connectivity index (χ2v) is 9.31. The van der Waals surface area contributed by atoms with Crippen LogP contribution in [0.5, 0.6) is 5.75 Å². The molecule has 4 atom stereocenters. The molecule has 2 aromatic rings. The van der Waals surface area contributed by atoms with Crippen molar-refractivity contribution in [1.29, 1.82) is 0 Å². The Morgan fingerprint density at radius 2 is 1.35 bits per heavy atom. The number of phenols is 1. The van der Waals surface area contributed by atoms with E-state index in [1.807, 2.05) is 6.07 Å². The Hall–Kier alpha value is -4.65. The van der Waals surface area contributed by atoms with E-state index in [9.17, 15) is 29.4 Å². The summed E-state index contributed by atoms with van der Waals surface area (Å²) in [5, 5.41) is 26.5. The molecular formula is C27H37N7O6. The van der Waals surface area contributed by atoms with E-state index >= 15 is 0 Å². The van der Waals surface area contributed by atoms with E-state index in [4.69, 9.17) is 17.2 Å². The molecule has 0 aliphatic rings. The van der Waals surface area contributed by atoms with Gasteiger partial charge in [-0.2, -0.15) is 0 Å². The fourth-order valence-electron chi connectivity index (χ4n) is 3.71. The maximum atomic E-state index is 13.5. The summed E-state index contributed by atoms with van der Waals surface area (Å²) in [4.78, 5) is 54.5. The number of hydrogen-bond donors (Lipinski definition) is 8. The standard InChI is InChI=1S/C27H37N7O6/c1-16(26(39)40)32-24(37)21(15-18-9-11-19(35)12-10-18)34-25(38)22(14-17-6-3-2-4-7-17)33-23(36)20(28)8-5-13-31-27(29)30/h2-4,6-7,9-12,16,20-22,35H,5,8,13-15,28H2,1H3,(H,32,37)(H,33,36)(H,34,38)(H,39,40)(H4,29,30,31). The third-order valence-corrected chi connectivity index (χ3v) is 5.96. The van der Waals surface area contributed by atoms with E-state index in [0.29, 0.717) is 18.5 Å². The van der Waals surface area contributed by atoms with E-state index in [1.54, 1.807) is 36.4 Å². The summed E-state index contributed by atoms with van der Waals surface area (Å²) in [7, 11) is 0. The van der Waals surface area contributed by atoms with Gasteiger partial charge in [0.25, 0.3) is 0 Å². The van der Waals surface area contributed by atoms with E-state index in [-0.39, 0.29) is 31.0 Å². The molecule has 0 aliphatic heterocycles. The molecule has 0 fully saturated rings. The molecule has 13 heteroatoms. The van der Waals surface area contributed by atoms with E-state index in [0.717, 1.165) is 5.56 Å². The predicted molar refractivity (Wildman–Crippen MR) is 149 cm³/mol. The Morgan fingerprint density at radius 1 is 0.825 bits per heavy atom. The summed E-state index contributed by atoms with van der Waals surface area (Å²) in [6.07, 6.45) is 0.818. The van der Waals surface area contributed by atoms with Crippen molar-refractivity contribution < 1.29 is 29.4 Å². The largest absolute Gasteiger partial charge is 0.508 e. The van der Waals surface area contributed by atoms with E-state index in [2.05, 4.69) is 20.9 Å². The smallest absolute Gasteiger partial charge is 0.325 e. The normalized spacial score (nSPS) is 13.7. The molecular weight excluding hydrogens is 518 g/mol. The van der Waals surface area contributed by atoms with Crippen molar-refractivity contribution in [2.75, 3.05) is 6.54 Å². The predicted octanol–water partition coefficient (Wildman–Crippen LogP) is -0.883. The van der Waals surface area contributed by atoms with Gasteiger partial charge in [0.1, 0.15) is 23.9 Å². The van der Waals surface area contributed by atoms with Crippen LogP contribution in [0.3, 0.4) is 0 Å². The zero-order valence-electron chi connectivity index (χ0n) is 22.2. The number of amides is 3. The Labute approximate surface area is 232 Å². The van der Waals surface area contributed by atoms with Crippen LogP contribution in [0.2, 0.25) is 0 Å². The molecule has 0 heterocycles. The summed E-state index contributed by atoms with van der Waals surface area (Å²) in [6, 6.07) is 10.6. The summed E-state index contributed by atoms with van der Waals surface area (Å²) in [5.41, 5.74) is 18.0. The minimum absolute atomic E-state index is 0.000497. The van der Waals surface area contributed by atoms with Gasteiger partial charge in [-0.25, -0.2) is 0 Å². The number of guanidine groups is 1. The molecule has 0 radical (unpaired) electrons. The van der Waals surface area contributed by atoms with Crippen molar-refractivity contribution in [3.8, 4) is 5.75 Å². The number of hydrogen-bond acceptors (Lipinski definition) is 7. The monoisotopic (exact) mass is 555 g/mol. The Bertz CT molecular complexity index is 1170. The average Bonchev–Trinajstić information content (AvgIpc) is 2.91. The highest BCUT2D eigenvalue weighted by atomic mass is 16.4. The molecule has 0 saturated carbocycles. The lowest BCUT2D eigenvalue weighted by atomic mass is 10.0. The van der Waals surface area contributed by atoms with Crippen LogP contribution in [0.1, 0.15) is 30.9 Å². The summed E-state index contributed by atoms with van der Waals surface area (Å²) in [5.74, 6) is -3.25. The minimum atomic E-state index is -1.24. The molecule has 0 aromatic heterocycles. The number of rotatable bonds is 15. The highest BCUT2D eigenvalue weighted by Gasteiger charge is 2.29. The average molecular weight is 556 g/mol. The zero-order chi connectivity index (χ0) is 29.7. The number of carboxylic acids is 1. The second-order valence-electron chi connectivity index (χ2n) is 9.31. The molecule has 2 aromatic carbocycles. The van der Waals surface area contributed by atoms with Gasteiger partial charge in [-0.05, 0) is 43.0 Å². The second kappa shape index (κ2) is 15.7. The van der Waals surface area contributed by atoms with Crippen LogP contribution in [0.15, 0.2) is 59.6 Å². The van der Waals surface area contributed by atoms with Crippen LogP contribution in [-0.4, -0.2) is 70.6 Å². The highest BCUT2D eigenvalue weighted by Crippen LogP contribution is 2.12. The van der Waals surface area contributed by atoms with Crippen LogP contribution < -0.4 is 33.2 Å². The van der Waals surface area contributed by atoms with Gasteiger partial charge < -0.3 is 43.4 Å². The number of benzene rings is 2. The molecule has 4 unspecified atom stereocenters. The molecule has 13 nitrogen and oxygen atoms in total. The number of aromatic hydroxyl groups is 1. The van der Waals surface area contributed by atoms with Gasteiger partial charge in [0.2, 0.25) is 17.7 Å². The van der Waals surface area contributed by atoms with Crippen molar-refractivity contribution in [3.63, 3.8) is 0 Å². The number of carbonyl (C=O) groups excluding carboxylic acids is 3. The van der Waals surface area contributed by atoms with Crippen molar-refractivity contribution in [2.45, 2.75) is 56.8 Å². The summed E-state index contributed by atoms with van der Waals surface area (Å²) in [6.45, 7) is 1.59. The van der Waals surface area contributed by atoms with Gasteiger partial charge in [0.05, 0.1) is 6.04 Å². The Balaban J connectivity index is 2.22. The molecule has 3 amide bonds. The van der Waals surface area contributed by atoms with E-state index < -0.39 is 47.9 Å². The lowest BCUT2D eigenvalue weighted by molar-refractivity contribution is -0.141. The van der Waals surface area contributed by atoms with Gasteiger partial charge in [-0.1, -0.05) is 42.5 Å². The first kappa shape index (κ1) is 31.6. The molecule has 11 N–H and O–H groups in total. The number of nitrogens with zero attached hydrogens (tertiary/aromatic N) is 1. The number of aliphatic imine (C=N–C) groups is 1. The molecule has 0 bridgehead atoms. The third kappa shape index (κ3) is 11.0. The van der Waals surface area contributed by atoms with Crippen molar-refractivity contribution in [1.82, 2.24) is 16.0 Å². The van der Waals surface area contributed by atoms with Crippen LogP contribution in [0.4, 0.5) is 0 Å². The molecule has 216 valence electrons. The van der Waals surface area contributed by atoms with Gasteiger partial charge in [0, 0.05) is 19.4 Å². The first-order valence-corrected chi connectivity index (χ1v) is 12.7. The lowest BCUT2D eigenvalue weighted by Crippen LogP contribution is -2.58. The Morgan fingerprint density at radius 3 is 1.90 bits per heavy atom. The van der Waals surface area contributed by atoms with Gasteiger partial charge in [-0.15, -0.1) is 0 Å². The lowest BCUT2D eigenvalue weighted by Gasteiger charge is -2.25.